The summed E-state index contributed by atoms with van der Waals surface area (Å²) in [6.07, 6.45) is 2.17. The lowest BCUT2D eigenvalue weighted by Crippen LogP contribution is -2.20. The van der Waals surface area contributed by atoms with Crippen molar-refractivity contribution in [2.45, 2.75) is 32.7 Å². The topological polar surface area (TPSA) is 12.0 Å². The number of hydrogen-bond donors (Lipinski definition) is 1. The first-order chi connectivity index (χ1) is 7.54. The summed E-state index contributed by atoms with van der Waals surface area (Å²) in [5.74, 6) is 0. The van der Waals surface area contributed by atoms with Crippen LogP contribution in [0.1, 0.15) is 38.3 Å². The molecule has 1 unspecified atom stereocenters. The van der Waals surface area contributed by atoms with Crippen LogP contribution in [0.5, 0.6) is 0 Å². The summed E-state index contributed by atoms with van der Waals surface area (Å²) in [5.41, 5.74) is 2.59. The molecule has 1 rings (SSSR count). The fourth-order valence-corrected chi connectivity index (χ4v) is 4.57. The average molecular weight is 367 g/mol. The molecule has 0 saturated carbocycles. The SMILES string of the molecule is C=C(C)CCC(NCC)c1cc(Br)sc1Br. The predicted octanol–water partition coefficient (Wildman–Crippen LogP) is 5.28. The maximum Gasteiger partial charge on any atom is 0.0758 e. The van der Waals surface area contributed by atoms with Crippen LogP contribution in [0.3, 0.4) is 0 Å². The zero-order valence-electron chi connectivity index (χ0n) is 9.65. The van der Waals surface area contributed by atoms with E-state index in [2.05, 4.69) is 63.7 Å². The van der Waals surface area contributed by atoms with Crippen molar-refractivity contribution >= 4 is 43.2 Å². The van der Waals surface area contributed by atoms with Crippen molar-refractivity contribution in [2.75, 3.05) is 6.54 Å². The van der Waals surface area contributed by atoms with Gasteiger partial charge in [-0.2, -0.15) is 0 Å². The highest BCUT2D eigenvalue weighted by Crippen LogP contribution is 2.37. The molecule has 4 heteroatoms. The highest BCUT2D eigenvalue weighted by atomic mass is 79.9. The first-order valence-corrected chi connectivity index (χ1v) is 7.77. The Bertz CT molecular complexity index is 360. The molecule has 0 saturated heterocycles. The zero-order chi connectivity index (χ0) is 12.1. The van der Waals surface area contributed by atoms with Gasteiger partial charge in [-0.15, -0.1) is 17.9 Å². The van der Waals surface area contributed by atoms with Crippen molar-refractivity contribution in [3.63, 3.8) is 0 Å². The molecule has 1 aromatic heterocycles. The highest BCUT2D eigenvalue weighted by Gasteiger charge is 2.15. The number of nitrogens with one attached hydrogen (secondary N) is 1. The Hall–Kier alpha value is 0.360. The van der Waals surface area contributed by atoms with E-state index < -0.39 is 0 Å². The number of halogens is 2. The largest absolute Gasteiger partial charge is 0.310 e. The third-order valence-corrected chi connectivity index (χ3v) is 4.75. The molecule has 90 valence electrons. The van der Waals surface area contributed by atoms with Gasteiger partial charge in [-0.05, 0) is 69.8 Å². The fourth-order valence-electron chi connectivity index (χ4n) is 1.60. The Morgan fingerprint density at radius 3 is 2.69 bits per heavy atom. The van der Waals surface area contributed by atoms with Gasteiger partial charge in [-0.3, -0.25) is 0 Å². The van der Waals surface area contributed by atoms with E-state index in [0.717, 1.165) is 19.4 Å². The van der Waals surface area contributed by atoms with Crippen molar-refractivity contribution in [3.05, 3.63) is 31.4 Å². The van der Waals surface area contributed by atoms with Crippen LogP contribution in [-0.4, -0.2) is 6.54 Å². The molecule has 0 aliphatic heterocycles. The van der Waals surface area contributed by atoms with E-state index in [1.807, 2.05) is 0 Å². The van der Waals surface area contributed by atoms with Gasteiger partial charge in [0.15, 0.2) is 0 Å². The zero-order valence-corrected chi connectivity index (χ0v) is 13.6. The van der Waals surface area contributed by atoms with Gasteiger partial charge in [-0.25, -0.2) is 0 Å². The van der Waals surface area contributed by atoms with Crippen molar-refractivity contribution in [1.82, 2.24) is 5.32 Å². The molecule has 0 aromatic carbocycles. The molecule has 0 spiro atoms. The molecule has 0 amide bonds. The Labute approximate surface area is 119 Å². The second-order valence-corrected chi connectivity index (χ2v) is 7.63. The second kappa shape index (κ2) is 6.94. The van der Waals surface area contributed by atoms with Crippen molar-refractivity contribution < 1.29 is 0 Å². The number of allylic oxidation sites excluding steroid dienone is 1. The molecule has 0 bridgehead atoms. The maximum absolute atomic E-state index is 3.96. The van der Waals surface area contributed by atoms with Gasteiger partial charge in [0.25, 0.3) is 0 Å². The average Bonchev–Trinajstić information content (AvgIpc) is 2.52. The summed E-state index contributed by atoms with van der Waals surface area (Å²) in [6, 6.07) is 2.61. The van der Waals surface area contributed by atoms with E-state index in [-0.39, 0.29) is 0 Å². The molecule has 1 aromatic rings. The normalized spacial score (nSPS) is 12.8. The predicted molar refractivity (Wildman–Crippen MR) is 80.2 cm³/mol. The molecular weight excluding hydrogens is 350 g/mol. The van der Waals surface area contributed by atoms with E-state index in [4.69, 9.17) is 0 Å². The molecule has 0 aliphatic carbocycles. The third kappa shape index (κ3) is 4.32. The third-order valence-electron chi connectivity index (χ3n) is 2.37. The van der Waals surface area contributed by atoms with Crippen LogP contribution < -0.4 is 5.32 Å². The summed E-state index contributed by atoms with van der Waals surface area (Å²) >= 11 is 8.88. The van der Waals surface area contributed by atoms with Gasteiger partial charge in [0.1, 0.15) is 0 Å². The maximum atomic E-state index is 3.96. The Morgan fingerprint density at radius 2 is 2.25 bits per heavy atom. The number of rotatable bonds is 6. The molecule has 1 heterocycles. The fraction of sp³-hybridized carbons (Fsp3) is 0.500. The van der Waals surface area contributed by atoms with E-state index >= 15 is 0 Å². The quantitative estimate of drug-likeness (QED) is 0.675. The van der Waals surface area contributed by atoms with E-state index in [0.29, 0.717) is 6.04 Å². The summed E-state index contributed by atoms with van der Waals surface area (Å²) in [5, 5.41) is 3.52. The minimum Gasteiger partial charge on any atom is -0.310 e. The number of thiophene rings is 1. The lowest BCUT2D eigenvalue weighted by Gasteiger charge is -2.17. The molecule has 16 heavy (non-hydrogen) atoms. The van der Waals surface area contributed by atoms with Crippen LogP contribution in [0.25, 0.3) is 0 Å². The van der Waals surface area contributed by atoms with Crippen LogP contribution in [0.2, 0.25) is 0 Å². The first kappa shape index (κ1) is 14.4. The molecular formula is C12H17Br2NS. The monoisotopic (exact) mass is 365 g/mol. The Kier molecular flexibility index (Phi) is 6.26. The Morgan fingerprint density at radius 1 is 1.56 bits per heavy atom. The highest BCUT2D eigenvalue weighted by molar-refractivity contribution is 9.12. The second-order valence-electron chi connectivity index (χ2n) is 3.89. The van der Waals surface area contributed by atoms with Crippen LogP contribution in [-0.2, 0) is 0 Å². The summed E-state index contributed by atoms with van der Waals surface area (Å²) in [4.78, 5) is 0. The van der Waals surface area contributed by atoms with Crippen LogP contribution >= 0.6 is 43.2 Å². The van der Waals surface area contributed by atoms with Gasteiger partial charge in [0.05, 0.1) is 7.57 Å². The van der Waals surface area contributed by atoms with E-state index in [9.17, 15) is 0 Å². The van der Waals surface area contributed by atoms with Crippen LogP contribution in [0, 0.1) is 0 Å². The minimum atomic E-state index is 0.415. The van der Waals surface area contributed by atoms with Crippen molar-refractivity contribution in [3.8, 4) is 0 Å². The van der Waals surface area contributed by atoms with Gasteiger partial charge in [-0.1, -0.05) is 12.5 Å². The first-order valence-electron chi connectivity index (χ1n) is 5.37. The Balaban J connectivity index is 2.76. The van der Waals surface area contributed by atoms with Crippen molar-refractivity contribution in [1.29, 1.82) is 0 Å². The van der Waals surface area contributed by atoms with Crippen LogP contribution in [0.15, 0.2) is 25.8 Å². The molecule has 0 aliphatic rings. The molecule has 1 N–H and O–H groups in total. The van der Waals surface area contributed by atoms with Gasteiger partial charge >= 0.3 is 0 Å². The lowest BCUT2D eigenvalue weighted by molar-refractivity contribution is 0.514. The molecule has 0 radical (unpaired) electrons. The van der Waals surface area contributed by atoms with E-state index in [1.54, 1.807) is 11.3 Å². The van der Waals surface area contributed by atoms with Crippen molar-refractivity contribution in [2.24, 2.45) is 0 Å². The smallest absolute Gasteiger partial charge is 0.0758 e. The van der Waals surface area contributed by atoms with Gasteiger partial charge in [0.2, 0.25) is 0 Å². The molecule has 1 nitrogen and oxygen atoms in total. The lowest BCUT2D eigenvalue weighted by atomic mass is 10.0. The van der Waals surface area contributed by atoms with Gasteiger partial charge < -0.3 is 5.32 Å². The molecule has 1 atom stereocenters. The summed E-state index contributed by atoms with van der Waals surface area (Å²) in [6.45, 7) is 9.18. The number of hydrogen-bond acceptors (Lipinski definition) is 2. The van der Waals surface area contributed by atoms with Gasteiger partial charge in [0, 0.05) is 6.04 Å². The van der Waals surface area contributed by atoms with E-state index in [1.165, 1.54) is 18.7 Å². The molecule has 0 fully saturated rings. The minimum absolute atomic E-state index is 0.415. The summed E-state index contributed by atoms with van der Waals surface area (Å²) < 4.78 is 2.39. The summed E-state index contributed by atoms with van der Waals surface area (Å²) in [7, 11) is 0. The van der Waals surface area contributed by atoms with Crippen LogP contribution in [0.4, 0.5) is 0 Å². The standard InChI is InChI=1S/C12H17Br2NS/c1-4-15-10(6-5-8(2)3)9-7-11(13)16-12(9)14/h7,10,15H,2,4-6H2,1,3H3.